The third kappa shape index (κ3) is 5.61. The summed E-state index contributed by atoms with van der Waals surface area (Å²) >= 11 is 0. The lowest BCUT2D eigenvalue weighted by Gasteiger charge is -2.31. The van der Waals surface area contributed by atoms with E-state index in [4.69, 9.17) is 0 Å². The minimum absolute atomic E-state index is 0.0393. The molecule has 1 fully saturated rings. The molecular formula is C22H23N3O2. The van der Waals surface area contributed by atoms with E-state index in [0.29, 0.717) is 13.1 Å². The van der Waals surface area contributed by atoms with Crippen molar-refractivity contribution >= 4 is 17.6 Å². The van der Waals surface area contributed by atoms with E-state index >= 15 is 0 Å². The third-order valence-electron chi connectivity index (χ3n) is 4.46. The van der Waals surface area contributed by atoms with Gasteiger partial charge < -0.3 is 15.5 Å². The molecule has 2 aromatic rings. The number of nitrogens with zero attached hydrogens (tertiary/aromatic N) is 1. The highest BCUT2D eigenvalue weighted by atomic mass is 16.2. The predicted octanol–water partition coefficient (Wildman–Crippen LogP) is 3.10. The Bertz CT molecular complexity index is 825. The van der Waals surface area contributed by atoms with Crippen LogP contribution in [0.4, 0.5) is 10.5 Å². The number of nitrogens with one attached hydrogen (secondary N) is 2. The first-order chi connectivity index (χ1) is 13.2. The summed E-state index contributed by atoms with van der Waals surface area (Å²) in [5.41, 5.74) is 1.70. The smallest absolute Gasteiger partial charge is 0.318 e. The van der Waals surface area contributed by atoms with Crippen molar-refractivity contribution in [2.45, 2.75) is 12.8 Å². The minimum atomic E-state index is -0.194. The highest BCUT2D eigenvalue weighted by Crippen LogP contribution is 2.18. The van der Waals surface area contributed by atoms with E-state index in [1.165, 1.54) is 0 Å². The first-order valence-corrected chi connectivity index (χ1v) is 9.15. The lowest BCUT2D eigenvalue weighted by atomic mass is 9.97. The van der Waals surface area contributed by atoms with E-state index in [1.54, 1.807) is 4.90 Å². The lowest BCUT2D eigenvalue weighted by Crippen LogP contribution is -2.48. The molecule has 27 heavy (non-hydrogen) atoms. The molecule has 0 radical (unpaired) electrons. The van der Waals surface area contributed by atoms with E-state index < -0.39 is 0 Å². The minimum Gasteiger partial charge on any atom is -0.327 e. The Morgan fingerprint density at radius 1 is 1.04 bits per heavy atom. The number of likely N-dealkylation sites (tertiary alicyclic amines) is 1. The van der Waals surface area contributed by atoms with E-state index in [0.717, 1.165) is 24.1 Å². The van der Waals surface area contributed by atoms with Gasteiger partial charge in [-0.25, -0.2) is 4.79 Å². The van der Waals surface area contributed by atoms with Gasteiger partial charge in [-0.2, -0.15) is 0 Å². The largest absolute Gasteiger partial charge is 0.327 e. The molecule has 3 rings (SSSR count). The van der Waals surface area contributed by atoms with E-state index in [9.17, 15) is 9.59 Å². The van der Waals surface area contributed by atoms with Gasteiger partial charge in [0.15, 0.2) is 0 Å². The summed E-state index contributed by atoms with van der Waals surface area (Å²) in [6, 6.07) is 18.9. The van der Waals surface area contributed by atoms with E-state index in [2.05, 4.69) is 22.5 Å². The first kappa shape index (κ1) is 18.5. The molecule has 1 heterocycles. The highest BCUT2D eigenvalue weighted by Gasteiger charge is 2.28. The van der Waals surface area contributed by atoms with Gasteiger partial charge in [0, 0.05) is 24.3 Å². The summed E-state index contributed by atoms with van der Waals surface area (Å²) in [5.74, 6) is 5.73. The molecule has 0 saturated carbocycles. The zero-order valence-corrected chi connectivity index (χ0v) is 15.2. The van der Waals surface area contributed by atoms with Gasteiger partial charge in [-0.1, -0.05) is 48.2 Å². The number of anilines is 1. The SMILES string of the molecule is O=C(Nc1ccccc1)[C@@H]1CCCN(C(=O)NCC#Cc2ccccc2)C1. The molecule has 0 spiro atoms. The quantitative estimate of drug-likeness (QED) is 0.826. The summed E-state index contributed by atoms with van der Waals surface area (Å²) in [7, 11) is 0. The molecule has 0 bridgehead atoms. The van der Waals surface area contributed by atoms with Gasteiger partial charge in [-0.3, -0.25) is 4.79 Å². The van der Waals surface area contributed by atoms with E-state index in [-0.39, 0.29) is 24.4 Å². The number of hydrogen-bond acceptors (Lipinski definition) is 2. The Labute approximate surface area is 159 Å². The maximum absolute atomic E-state index is 12.5. The van der Waals surface area contributed by atoms with Crippen LogP contribution in [0.25, 0.3) is 0 Å². The second-order valence-electron chi connectivity index (χ2n) is 6.47. The number of benzene rings is 2. The van der Waals surface area contributed by atoms with Crippen molar-refractivity contribution in [1.82, 2.24) is 10.2 Å². The second-order valence-corrected chi connectivity index (χ2v) is 6.47. The normalized spacial score (nSPS) is 16.0. The maximum Gasteiger partial charge on any atom is 0.318 e. The molecule has 2 N–H and O–H groups in total. The van der Waals surface area contributed by atoms with Gasteiger partial charge in [0.25, 0.3) is 0 Å². The van der Waals surface area contributed by atoms with Crippen molar-refractivity contribution in [3.05, 3.63) is 66.2 Å². The zero-order valence-electron chi connectivity index (χ0n) is 15.2. The molecule has 138 valence electrons. The first-order valence-electron chi connectivity index (χ1n) is 9.15. The summed E-state index contributed by atoms with van der Waals surface area (Å²) < 4.78 is 0. The lowest BCUT2D eigenvalue weighted by molar-refractivity contribution is -0.121. The number of amides is 3. The average Bonchev–Trinajstić information content (AvgIpc) is 2.72. The van der Waals surface area contributed by atoms with Crippen LogP contribution in [0.15, 0.2) is 60.7 Å². The van der Waals surface area contributed by atoms with Crippen LogP contribution in [0.2, 0.25) is 0 Å². The van der Waals surface area contributed by atoms with Gasteiger partial charge in [0.1, 0.15) is 0 Å². The van der Waals surface area contributed by atoms with Gasteiger partial charge in [0.2, 0.25) is 5.91 Å². The highest BCUT2D eigenvalue weighted by molar-refractivity contribution is 5.93. The molecule has 0 aromatic heterocycles. The van der Waals surface area contributed by atoms with Crippen molar-refractivity contribution in [2.75, 3.05) is 25.0 Å². The molecule has 0 unspecified atom stereocenters. The molecule has 5 nitrogen and oxygen atoms in total. The zero-order chi connectivity index (χ0) is 18.9. The third-order valence-corrected chi connectivity index (χ3v) is 4.46. The van der Waals surface area contributed by atoms with Crippen LogP contribution in [0, 0.1) is 17.8 Å². The summed E-state index contributed by atoms with van der Waals surface area (Å²) in [5, 5.41) is 5.74. The van der Waals surface area contributed by atoms with Gasteiger partial charge in [-0.05, 0) is 37.1 Å². The van der Waals surface area contributed by atoms with Crippen LogP contribution in [-0.2, 0) is 4.79 Å². The fourth-order valence-corrected chi connectivity index (χ4v) is 3.04. The van der Waals surface area contributed by atoms with Gasteiger partial charge >= 0.3 is 6.03 Å². The van der Waals surface area contributed by atoms with E-state index in [1.807, 2.05) is 60.7 Å². The van der Waals surface area contributed by atoms with Crippen molar-refractivity contribution in [2.24, 2.45) is 5.92 Å². The van der Waals surface area contributed by atoms with Crippen molar-refractivity contribution in [3.63, 3.8) is 0 Å². The molecule has 1 aliphatic heterocycles. The molecular weight excluding hydrogens is 338 g/mol. The molecule has 2 aromatic carbocycles. The number of hydrogen-bond donors (Lipinski definition) is 2. The Kier molecular flexibility index (Phi) is 6.48. The topological polar surface area (TPSA) is 61.4 Å². The monoisotopic (exact) mass is 361 g/mol. The Morgan fingerprint density at radius 3 is 2.48 bits per heavy atom. The average molecular weight is 361 g/mol. The number of rotatable bonds is 3. The summed E-state index contributed by atoms with van der Waals surface area (Å²) in [6.45, 7) is 1.37. The second kappa shape index (κ2) is 9.44. The molecule has 5 heteroatoms. The fraction of sp³-hybridized carbons (Fsp3) is 0.273. The van der Waals surface area contributed by atoms with Crippen LogP contribution in [0.5, 0.6) is 0 Å². The van der Waals surface area contributed by atoms with Crippen LogP contribution in [-0.4, -0.2) is 36.5 Å². The number of carbonyl (C=O) groups is 2. The van der Waals surface area contributed by atoms with Crippen molar-refractivity contribution < 1.29 is 9.59 Å². The number of piperidine rings is 1. The predicted molar refractivity (Wildman–Crippen MR) is 106 cm³/mol. The molecule has 0 aliphatic carbocycles. The van der Waals surface area contributed by atoms with Gasteiger partial charge in [0.05, 0.1) is 12.5 Å². The molecule has 3 amide bonds. The summed E-state index contributed by atoms with van der Waals surface area (Å²) in [4.78, 5) is 26.5. The Morgan fingerprint density at radius 2 is 1.74 bits per heavy atom. The molecule has 1 aliphatic rings. The Balaban J connectivity index is 1.48. The van der Waals surface area contributed by atoms with Crippen LogP contribution in [0.3, 0.4) is 0 Å². The number of urea groups is 1. The van der Waals surface area contributed by atoms with Crippen molar-refractivity contribution in [1.29, 1.82) is 0 Å². The van der Waals surface area contributed by atoms with Crippen LogP contribution >= 0.6 is 0 Å². The number of carbonyl (C=O) groups excluding carboxylic acids is 2. The van der Waals surface area contributed by atoms with Crippen LogP contribution < -0.4 is 10.6 Å². The maximum atomic E-state index is 12.5. The molecule has 1 atom stereocenters. The Hall–Kier alpha value is -3.26. The molecule has 1 saturated heterocycles. The number of para-hydroxylation sites is 1. The van der Waals surface area contributed by atoms with Crippen molar-refractivity contribution in [3.8, 4) is 11.8 Å². The van der Waals surface area contributed by atoms with Crippen LogP contribution in [0.1, 0.15) is 18.4 Å². The fourth-order valence-electron chi connectivity index (χ4n) is 3.04. The standard InChI is InChI=1S/C22H23N3O2/c26-21(24-20-13-5-2-6-14-20)19-12-8-16-25(17-19)22(27)23-15-7-11-18-9-3-1-4-10-18/h1-6,9-10,13-14,19H,8,12,15-17H2,(H,23,27)(H,24,26)/t19-/m1/s1. The summed E-state index contributed by atoms with van der Waals surface area (Å²) in [6.07, 6.45) is 1.60. The van der Waals surface area contributed by atoms with Gasteiger partial charge in [-0.15, -0.1) is 0 Å².